The molecule has 1 aromatic carbocycles. The summed E-state index contributed by atoms with van der Waals surface area (Å²) in [6.45, 7) is 15.2. The molecule has 2 fully saturated rings. The van der Waals surface area contributed by atoms with Crippen LogP contribution in [0, 0.1) is 5.92 Å². The predicted octanol–water partition coefficient (Wildman–Crippen LogP) is 2.56. The molecule has 24 heavy (non-hydrogen) atoms. The zero-order valence-corrected chi connectivity index (χ0v) is 15.5. The van der Waals surface area contributed by atoms with Crippen LogP contribution in [0.4, 0.5) is 0 Å². The molecule has 2 saturated heterocycles. The molecular formula is C20H31N3O. The second-order valence-corrected chi connectivity index (χ2v) is 8.36. The fourth-order valence-electron chi connectivity index (χ4n) is 4.35. The summed E-state index contributed by atoms with van der Waals surface area (Å²) in [6.07, 6.45) is 0. The molecule has 2 aliphatic heterocycles. The summed E-state index contributed by atoms with van der Waals surface area (Å²) in [7, 11) is 0. The van der Waals surface area contributed by atoms with Gasteiger partial charge < -0.3 is 9.80 Å². The highest BCUT2D eigenvalue weighted by Crippen LogP contribution is 2.29. The number of fused-ring (bicyclic) bond motifs is 1. The first-order chi connectivity index (χ1) is 11.4. The maximum atomic E-state index is 12.9. The van der Waals surface area contributed by atoms with E-state index in [1.165, 1.54) is 0 Å². The first kappa shape index (κ1) is 17.4. The van der Waals surface area contributed by atoms with Gasteiger partial charge in [-0.3, -0.25) is 9.69 Å². The van der Waals surface area contributed by atoms with E-state index < -0.39 is 0 Å². The summed E-state index contributed by atoms with van der Waals surface area (Å²) < 4.78 is 0. The minimum atomic E-state index is 0.0390. The number of carbonyl (C=O) groups is 1. The van der Waals surface area contributed by atoms with Crippen LogP contribution in [0.15, 0.2) is 30.3 Å². The van der Waals surface area contributed by atoms with Gasteiger partial charge in [0.25, 0.3) is 5.91 Å². The lowest BCUT2D eigenvalue weighted by Crippen LogP contribution is -2.70. The van der Waals surface area contributed by atoms with E-state index in [0.717, 1.165) is 44.8 Å². The molecule has 0 aliphatic carbocycles. The molecule has 0 N–H and O–H groups in total. The Labute approximate surface area is 146 Å². The summed E-state index contributed by atoms with van der Waals surface area (Å²) in [4.78, 5) is 20.2. The minimum absolute atomic E-state index is 0.0390. The standard InChI is InChI=1S/C20H31N3O/c1-16(2)12-21-10-11-23-18(13-21)14-22(15-20(23,3)4)19(24)17-8-6-5-7-9-17/h5-9,16,18H,10-15H2,1-4H3. The zero-order chi connectivity index (χ0) is 17.3. The van der Waals surface area contributed by atoms with Crippen LogP contribution in [0.5, 0.6) is 0 Å². The summed E-state index contributed by atoms with van der Waals surface area (Å²) in [5, 5.41) is 0. The molecule has 1 atom stereocenters. The number of nitrogens with zero attached hydrogens (tertiary/aromatic N) is 3. The lowest BCUT2D eigenvalue weighted by molar-refractivity contribution is -0.0577. The highest BCUT2D eigenvalue weighted by atomic mass is 16.2. The van der Waals surface area contributed by atoms with Crippen LogP contribution in [0.2, 0.25) is 0 Å². The number of hydrogen-bond acceptors (Lipinski definition) is 3. The predicted molar refractivity (Wildman–Crippen MR) is 98.2 cm³/mol. The largest absolute Gasteiger partial charge is 0.335 e. The Morgan fingerprint density at radius 1 is 1.17 bits per heavy atom. The summed E-state index contributed by atoms with van der Waals surface area (Å²) in [6, 6.07) is 10.1. The average molecular weight is 329 g/mol. The van der Waals surface area contributed by atoms with Crippen molar-refractivity contribution in [1.82, 2.24) is 14.7 Å². The first-order valence-electron chi connectivity index (χ1n) is 9.20. The number of benzene rings is 1. The Bertz CT molecular complexity index is 570. The highest BCUT2D eigenvalue weighted by molar-refractivity contribution is 5.94. The quantitative estimate of drug-likeness (QED) is 0.853. The molecule has 0 bridgehead atoms. The van der Waals surface area contributed by atoms with E-state index in [0.29, 0.717) is 12.0 Å². The maximum absolute atomic E-state index is 12.9. The third-order valence-corrected chi connectivity index (χ3v) is 5.28. The molecule has 4 heteroatoms. The van der Waals surface area contributed by atoms with E-state index in [2.05, 4.69) is 42.4 Å². The molecule has 1 aromatic rings. The Hall–Kier alpha value is -1.39. The van der Waals surface area contributed by atoms with E-state index in [1.54, 1.807) is 0 Å². The number of rotatable bonds is 3. The van der Waals surface area contributed by atoms with Crippen molar-refractivity contribution in [2.75, 3.05) is 39.3 Å². The number of carbonyl (C=O) groups excluding carboxylic acids is 1. The molecule has 132 valence electrons. The van der Waals surface area contributed by atoms with Crippen molar-refractivity contribution < 1.29 is 4.79 Å². The lowest BCUT2D eigenvalue weighted by atomic mass is 9.92. The van der Waals surface area contributed by atoms with Crippen molar-refractivity contribution in [2.24, 2.45) is 5.92 Å². The van der Waals surface area contributed by atoms with Crippen molar-refractivity contribution in [1.29, 1.82) is 0 Å². The molecule has 0 aromatic heterocycles. The average Bonchev–Trinajstić information content (AvgIpc) is 2.53. The second-order valence-electron chi connectivity index (χ2n) is 8.36. The second kappa shape index (κ2) is 6.85. The summed E-state index contributed by atoms with van der Waals surface area (Å²) >= 11 is 0. The SMILES string of the molecule is CC(C)CN1CCN2C(C1)CN(C(=O)c1ccccc1)CC2(C)C. The molecule has 2 heterocycles. The van der Waals surface area contributed by atoms with Crippen LogP contribution in [-0.4, -0.2) is 71.5 Å². The van der Waals surface area contributed by atoms with Crippen molar-refractivity contribution in [3.63, 3.8) is 0 Å². The van der Waals surface area contributed by atoms with Gasteiger partial charge in [-0.1, -0.05) is 32.0 Å². The molecular weight excluding hydrogens is 298 g/mol. The van der Waals surface area contributed by atoms with Gasteiger partial charge in [-0.15, -0.1) is 0 Å². The Morgan fingerprint density at radius 3 is 2.54 bits per heavy atom. The third kappa shape index (κ3) is 3.65. The topological polar surface area (TPSA) is 26.8 Å². The summed E-state index contributed by atoms with van der Waals surface area (Å²) in [5.41, 5.74) is 0.841. The van der Waals surface area contributed by atoms with Gasteiger partial charge >= 0.3 is 0 Å². The van der Waals surface area contributed by atoms with Crippen LogP contribution in [-0.2, 0) is 0 Å². The fourth-order valence-corrected chi connectivity index (χ4v) is 4.35. The number of piperazine rings is 2. The van der Waals surface area contributed by atoms with Crippen LogP contribution in [0.3, 0.4) is 0 Å². The number of amides is 1. The smallest absolute Gasteiger partial charge is 0.253 e. The van der Waals surface area contributed by atoms with Gasteiger partial charge in [0.15, 0.2) is 0 Å². The van der Waals surface area contributed by atoms with Gasteiger partial charge in [0.1, 0.15) is 0 Å². The van der Waals surface area contributed by atoms with Crippen molar-refractivity contribution in [3.05, 3.63) is 35.9 Å². The Morgan fingerprint density at radius 2 is 1.88 bits per heavy atom. The number of hydrogen-bond donors (Lipinski definition) is 0. The molecule has 4 nitrogen and oxygen atoms in total. The third-order valence-electron chi connectivity index (χ3n) is 5.28. The Balaban J connectivity index is 1.74. The van der Waals surface area contributed by atoms with Crippen LogP contribution in [0.1, 0.15) is 38.1 Å². The van der Waals surface area contributed by atoms with Crippen molar-refractivity contribution >= 4 is 5.91 Å². The minimum Gasteiger partial charge on any atom is -0.335 e. The fraction of sp³-hybridized carbons (Fsp3) is 0.650. The van der Waals surface area contributed by atoms with Gasteiger partial charge in [-0.2, -0.15) is 0 Å². The first-order valence-corrected chi connectivity index (χ1v) is 9.20. The van der Waals surface area contributed by atoms with Crippen LogP contribution >= 0.6 is 0 Å². The van der Waals surface area contributed by atoms with Crippen LogP contribution in [0.25, 0.3) is 0 Å². The molecule has 3 rings (SSSR count). The molecule has 0 spiro atoms. The van der Waals surface area contributed by atoms with Gasteiger partial charge in [0, 0.05) is 56.4 Å². The van der Waals surface area contributed by atoms with E-state index >= 15 is 0 Å². The van der Waals surface area contributed by atoms with Gasteiger partial charge in [0.05, 0.1) is 0 Å². The molecule has 1 unspecified atom stereocenters. The summed E-state index contributed by atoms with van der Waals surface area (Å²) in [5.74, 6) is 0.861. The van der Waals surface area contributed by atoms with E-state index in [1.807, 2.05) is 30.3 Å². The van der Waals surface area contributed by atoms with Crippen molar-refractivity contribution in [2.45, 2.75) is 39.3 Å². The van der Waals surface area contributed by atoms with E-state index in [9.17, 15) is 4.79 Å². The molecule has 1 amide bonds. The monoisotopic (exact) mass is 329 g/mol. The molecule has 0 saturated carbocycles. The lowest BCUT2D eigenvalue weighted by Gasteiger charge is -2.55. The molecule has 0 radical (unpaired) electrons. The van der Waals surface area contributed by atoms with Gasteiger partial charge in [0.2, 0.25) is 0 Å². The van der Waals surface area contributed by atoms with Gasteiger partial charge in [-0.25, -0.2) is 0 Å². The Kier molecular flexibility index (Phi) is 4.97. The van der Waals surface area contributed by atoms with Gasteiger partial charge in [-0.05, 0) is 31.9 Å². The van der Waals surface area contributed by atoms with Crippen molar-refractivity contribution in [3.8, 4) is 0 Å². The van der Waals surface area contributed by atoms with E-state index in [4.69, 9.17) is 0 Å². The normalized spacial score (nSPS) is 24.9. The maximum Gasteiger partial charge on any atom is 0.253 e. The van der Waals surface area contributed by atoms with Crippen LogP contribution < -0.4 is 0 Å². The van der Waals surface area contributed by atoms with E-state index in [-0.39, 0.29) is 11.4 Å². The highest BCUT2D eigenvalue weighted by Gasteiger charge is 2.43. The zero-order valence-electron chi connectivity index (χ0n) is 15.5. The molecule has 2 aliphatic rings.